The van der Waals surface area contributed by atoms with Crippen LogP contribution in [0.4, 0.5) is 0 Å². The van der Waals surface area contributed by atoms with Gasteiger partial charge in [0.15, 0.2) is 0 Å². The van der Waals surface area contributed by atoms with Crippen LogP contribution in [0, 0.1) is 6.92 Å². The molecule has 2 saturated heterocycles. The van der Waals surface area contributed by atoms with Crippen LogP contribution in [0.5, 0.6) is 0 Å². The van der Waals surface area contributed by atoms with Crippen molar-refractivity contribution in [3.05, 3.63) is 66.0 Å². The second-order valence-corrected chi connectivity index (χ2v) is 8.27. The van der Waals surface area contributed by atoms with Crippen molar-refractivity contribution >= 4 is 16.9 Å². The Kier molecular flexibility index (Phi) is 4.63. The van der Waals surface area contributed by atoms with Gasteiger partial charge < -0.3 is 14.2 Å². The zero-order chi connectivity index (χ0) is 19.8. The van der Waals surface area contributed by atoms with Crippen molar-refractivity contribution < 1.29 is 9.53 Å². The van der Waals surface area contributed by atoms with E-state index in [2.05, 4.69) is 46.7 Å². The van der Waals surface area contributed by atoms with Gasteiger partial charge in [-0.25, -0.2) is 4.98 Å². The van der Waals surface area contributed by atoms with Crippen LogP contribution in [-0.4, -0.2) is 46.7 Å². The Labute approximate surface area is 171 Å². The SMILES string of the molecule is Cc1nc2ccccc2n1[C@H]1CCN(C(=O)C2(c3ccccc3)CCOCC2)C1. The summed E-state index contributed by atoms with van der Waals surface area (Å²) in [6, 6.07) is 18.8. The molecule has 3 aromatic rings. The summed E-state index contributed by atoms with van der Waals surface area (Å²) >= 11 is 0. The summed E-state index contributed by atoms with van der Waals surface area (Å²) in [5, 5.41) is 0. The summed E-state index contributed by atoms with van der Waals surface area (Å²) in [5.41, 5.74) is 2.86. The van der Waals surface area contributed by atoms with Crippen molar-refractivity contribution in [1.29, 1.82) is 0 Å². The number of imidazole rings is 1. The number of carbonyl (C=O) groups excluding carboxylic acids is 1. The molecule has 1 atom stereocenters. The van der Waals surface area contributed by atoms with Gasteiger partial charge in [0.1, 0.15) is 5.82 Å². The Morgan fingerprint density at radius 2 is 1.79 bits per heavy atom. The third-order valence-corrected chi connectivity index (χ3v) is 6.67. The quantitative estimate of drug-likeness (QED) is 0.683. The molecule has 5 heteroatoms. The minimum atomic E-state index is -0.458. The van der Waals surface area contributed by atoms with Crippen molar-refractivity contribution in [1.82, 2.24) is 14.5 Å². The van der Waals surface area contributed by atoms with Gasteiger partial charge in [0.25, 0.3) is 0 Å². The zero-order valence-corrected chi connectivity index (χ0v) is 16.9. The van der Waals surface area contributed by atoms with Crippen LogP contribution in [0.15, 0.2) is 54.6 Å². The molecular formula is C24H27N3O2. The number of hydrogen-bond donors (Lipinski definition) is 0. The molecule has 2 aliphatic heterocycles. The highest BCUT2D eigenvalue weighted by Crippen LogP contribution is 2.39. The average Bonchev–Trinajstić information content (AvgIpc) is 3.37. The van der Waals surface area contributed by atoms with E-state index in [-0.39, 0.29) is 11.9 Å². The standard InChI is InChI=1S/C24H27N3O2/c1-18-25-21-9-5-6-10-22(21)27(18)20-11-14-26(17-20)23(28)24(12-15-29-16-13-24)19-7-3-2-4-8-19/h2-10,20H,11-17H2,1H3/t20-/m0/s1. The molecule has 1 amide bonds. The molecule has 2 fully saturated rings. The molecular weight excluding hydrogens is 362 g/mol. The molecule has 5 nitrogen and oxygen atoms in total. The maximum absolute atomic E-state index is 13.8. The Balaban J connectivity index is 1.44. The molecule has 1 aromatic heterocycles. The predicted octanol–water partition coefficient (Wildman–Crippen LogP) is 3.87. The van der Waals surface area contributed by atoms with Gasteiger partial charge in [-0.1, -0.05) is 42.5 Å². The summed E-state index contributed by atoms with van der Waals surface area (Å²) < 4.78 is 7.94. The molecule has 5 rings (SSSR count). The number of aromatic nitrogens is 2. The van der Waals surface area contributed by atoms with Gasteiger partial charge in [-0.05, 0) is 43.9 Å². The lowest BCUT2D eigenvalue weighted by molar-refractivity contribution is -0.140. The first-order chi connectivity index (χ1) is 14.2. The Bertz CT molecular complexity index is 1020. The first-order valence-electron chi connectivity index (χ1n) is 10.6. The summed E-state index contributed by atoms with van der Waals surface area (Å²) in [6.45, 7) is 4.89. The molecule has 2 aromatic carbocycles. The lowest BCUT2D eigenvalue weighted by Crippen LogP contribution is -2.49. The fourth-order valence-corrected chi connectivity index (χ4v) is 5.17. The van der Waals surface area contributed by atoms with Gasteiger partial charge in [0.05, 0.1) is 22.5 Å². The number of carbonyl (C=O) groups is 1. The Morgan fingerprint density at radius 1 is 1.07 bits per heavy atom. The largest absolute Gasteiger partial charge is 0.381 e. The average molecular weight is 389 g/mol. The molecule has 0 N–H and O–H groups in total. The van der Waals surface area contributed by atoms with E-state index in [1.807, 2.05) is 24.3 Å². The molecule has 0 aliphatic carbocycles. The first-order valence-corrected chi connectivity index (χ1v) is 10.6. The van der Waals surface area contributed by atoms with Crippen molar-refractivity contribution in [2.45, 2.75) is 37.6 Å². The first kappa shape index (κ1) is 18.4. The number of ether oxygens (including phenoxy) is 1. The Hall–Kier alpha value is -2.66. The molecule has 29 heavy (non-hydrogen) atoms. The fourth-order valence-electron chi connectivity index (χ4n) is 5.17. The highest BCUT2D eigenvalue weighted by molar-refractivity contribution is 5.89. The fraction of sp³-hybridized carbons (Fsp3) is 0.417. The second-order valence-electron chi connectivity index (χ2n) is 8.27. The van der Waals surface area contributed by atoms with Crippen molar-refractivity contribution in [3.63, 3.8) is 0 Å². The topological polar surface area (TPSA) is 47.4 Å². The van der Waals surface area contributed by atoms with Crippen LogP contribution >= 0.6 is 0 Å². The molecule has 0 bridgehead atoms. The van der Waals surface area contributed by atoms with Crippen LogP contribution in [0.1, 0.15) is 36.7 Å². The monoisotopic (exact) mass is 389 g/mol. The van der Waals surface area contributed by atoms with E-state index in [4.69, 9.17) is 9.72 Å². The maximum Gasteiger partial charge on any atom is 0.233 e. The summed E-state index contributed by atoms with van der Waals surface area (Å²) in [7, 11) is 0. The van der Waals surface area contributed by atoms with Gasteiger partial charge >= 0.3 is 0 Å². The summed E-state index contributed by atoms with van der Waals surface area (Å²) in [6.07, 6.45) is 2.47. The predicted molar refractivity (Wildman–Crippen MR) is 113 cm³/mol. The Morgan fingerprint density at radius 3 is 2.59 bits per heavy atom. The molecule has 3 heterocycles. The minimum absolute atomic E-state index is 0.261. The van der Waals surface area contributed by atoms with Crippen molar-refractivity contribution in [2.24, 2.45) is 0 Å². The molecule has 2 aliphatic rings. The van der Waals surface area contributed by atoms with Crippen LogP contribution in [-0.2, 0) is 14.9 Å². The summed E-state index contributed by atoms with van der Waals surface area (Å²) in [4.78, 5) is 20.6. The number of benzene rings is 2. The van der Waals surface area contributed by atoms with Crippen LogP contribution in [0.2, 0.25) is 0 Å². The number of aryl methyl sites for hydroxylation is 1. The van der Waals surface area contributed by atoms with Gasteiger partial charge in [-0.2, -0.15) is 0 Å². The number of likely N-dealkylation sites (tertiary alicyclic amines) is 1. The van der Waals surface area contributed by atoms with Gasteiger partial charge in [-0.3, -0.25) is 4.79 Å². The number of rotatable bonds is 3. The molecule has 150 valence electrons. The maximum atomic E-state index is 13.8. The molecule has 0 unspecified atom stereocenters. The number of para-hydroxylation sites is 2. The highest BCUT2D eigenvalue weighted by Gasteiger charge is 2.45. The smallest absolute Gasteiger partial charge is 0.233 e. The van der Waals surface area contributed by atoms with E-state index in [1.54, 1.807) is 0 Å². The summed E-state index contributed by atoms with van der Waals surface area (Å²) in [5.74, 6) is 1.28. The normalized spacial score (nSPS) is 21.6. The number of nitrogens with zero attached hydrogens (tertiary/aromatic N) is 3. The molecule has 0 saturated carbocycles. The zero-order valence-electron chi connectivity index (χ0n) is 16.9. The number of hydrogen-bond acceptors (Lipinski definition) is 3. The molecule has 0 radical (unpaired) electrons. The second kappa shape index (κ2) is 7.30. The van der Waals surface area contributed by atoms with Gasteiger partial charge in [0.2, 0.25) is 5.91 Å². The van der Waals surface area contributed by atoms with Crippen LogP contribution < -0.4 is 0 Å². The third-order valence-electron chi connectivity index (χ3n) is 6.67. The van der Waals surface area contributed by atoms with Gasteiger partial charge in [-0.15, -0.1) is 0 Å². The van der Waals surface area contributed by atoms with Crippen molar-refractivity contribution in [3.8, 4) is 0 Å². The van der Waals surface area contributed by atoms with Gasteiger partial charge in [0, 0.05) is 26.3 Å². The van der Waals surface area contributed by atoms with Crippen LogP contribution in [0.3, 0.4) is 0 Å². The van der Waals surface area contributed by atoms with E-state index in [0.29, 0.717) is 13.2 Å². The highest BCUT2D eigenvalue weighted by atomic mass is 16.5. The third kappa shape index (κ3) is 3.04. The van der Waals surface area contributed by atoms with E-state index < -0.39 is 5.41 Å². The van der Waals surface area contributed by atoms with E-state index in [9.17, 15) is 4.79 Å². The van der Waals surface area contributed by atoms with Crippen molar-refractivity contribution in [2.75, 3.05) is 26.3 Å². The number of amides is 1. The van der Waals surface area contributed by atoms with E-state index in [0.717, 1.165) is 54.8 Å². The lowest BCUT2D eigenvalue weighted by atomic mass is 9.73. The minimum Gasteiger partial charge on any atom is -0.381 e. The van der Waals surface area contributed by atoms with Crippen LogP contribution in [0.25, 0.3) is 11.0 Å². The van der Waals surface area contributed by atoms with E-state index >= 15 is 0 Å². The number of fused-ring (bicyclic) bond motifs is 1. The molecule has 0 spiro atoms. The lowest BCUT2D eigenvalue weighted by Gasteiger charge is -2.39. The van der Waals surface area contributed by atoms with E-state index in [1.165, 1.54) is 0 Å².